The molecule has 0 aliphatic heterocycles. The predicted octanol–water partition coefficient (Wildman–Crippen LogP) is 2.50. The summed E-state index contributed by atoms with van der Waals surface area (Å²) in [4.78, 5) is 0. The molecule has 0 aromatic heterocycles. The Labute approximate surface area is 73.7 Å². The lowest BCUT2D eigenvalue weighted by Gasteiger charge is -2.09. The minimum Gasteiger partial charge on any atom is -0.379 e. The molecule has 0 rings (SSSR count). The lowest BCUT2D eigenvalue weighted by molar-refractivity contribution is 0.0740. The molecule has 0 saturated carbocycles. The Bertz CT molecular complexity index is 80.1. The zero-order valence-electron chi connectivity index (χ0n) is 6.44. The van der Waals surface area contributed by atoms with Crippen molar-refractivity contribution < 1.29 is 4.74 Å². The molecule has 1 unspecified atom stereocenters. The van der Waals surface area contributed by atoms with Gasteiger partial charge in [0.25, 0.3) is 0 Å². The molecular weight excluding hydrogens is 187 g/mol. The summed E-state index contributed by atoms with van der Waals surface area (Å²) in [5.74, 6) is 0. The zero-order chi connectivity index (χ0) is 7.98. The average Bonchev–Trinajstić information content (AvgIpc) is 1.87. The maximum absolute atomic E-state index is 5.63. The van der Waals surface area contributed by atoms with Gasteiger partial charge in [-0.3, -0.25) is 0 Å². The van der Waals surface area contributed by atoms with Crippen LogP contribution in [0.1, 0.15) is 20.3 Å². The van der Waals surface area contributed by atoms with E-state index in [1.807, 2.05) is 0 Å². The van der Waals surface area contributed by atoms with Crippen molar-refractivity contribution in [3.63, 3.8) is 0 Å². The summed E-state index contributed by atoms with van der Waals surface area (Å²) in [6, 6.07) is 0.855. The lowest BCUT2D eigenvalue weighted by Crippen LogP contribution is -2.09. The highest BCUT2D eigenvalue weighted by Crippen LogP contribution is 2.04. The van der Waals surface area contributed by atoms with E-state index in [-0.39, 0.29) is 0 Å². The van der Waals surface area contributed by atoms with Gasteiger partial charge < -0.3 is 4.74 Å². The first kappa shape index (κ1) is 10.8. The topological polar surface area (TPSA) is 9.23 Å². The van der Waals surface area contributed by atoms with Crippen molar-refractivity contribution in [3.05, 3.63) is 0 Å². The summed E-state index contributed by atoms with van der Waals surface area (Å²) >= 11 is 11.3. The summed E-state index contributed by atoms with van der Waals surface area (Å²) in [7, 11) is -1.42. The molecule has 0 aromatic carbocycles. The number of rotatable bonds is 5. The van der Waals surface area contributed by atoms with Crippen molar-refractivity contribution in [1.82, 2.24) is 0 Å². The molecule has 62 valence electrons. The van der Waals surface area contributed by atoms with Crippen LogP contribution in [0.4, 0.5) is 0 Å². The molecule has 0 spiro atoms. The van der Waals surface area contributed by atoms with Crippen LogP contribution in [0.25, 0.3) is 0 Å². The van der Waals surface area contributed by atoms with Gasteiger partial charge in [0, 0.05) is 6.61 Å². The average molecular weight is 201 g/mol. The fourth-order valence-corrected chi connectivity index (χ4v) is 1.32. The van der Waals surface area contributed by atoms with Crippen molar-refractivity contribution >= 4 is 29.6 Å². The lowest BCUT2D eigenvalue weighted by atomic mass is 10.3. The fraction of sp³-hybridized carbons (Fsp3) is 1.00. The van der Waals surface area contributed by atoms with Gasteiger partial charge in [-0.25, -0.2) is 0 Å². The largest absolute Gasteiger partial charge is 0.379 e. The molecular formula is C6H14Cl2OSi. The third-order valence-corrected chi connectivity index (χ3v) is 3.29. The highest BCUT2D eigenvalue weighted by molar-refractivity contribution is 7.33. The van der Waals surface area contributed by atoms with E-state index in [1.54, 1.807) is 0 Å². The Morgan fingerprint density at radius 1 is 1.50 bits per heavy atom. The summed E-state index contributed by atoms with van der Waals surface area (Å²) in [6.45, 7) is 4.87. The third-order valence-electron chi connectivity index (χ3n) is 1.31. The van der Waals surface area contributed by atoms with Crippen LogP contribution >= 0.6 is 22.2 Å². The molecule has 4 heteroatoms. The molecule has 0 N–H and O–H groups in total. The van der Waals surface area contributed by atoms with Crippen LogP contribution in [-0.4, -0.2) is 20.1 Å². The third kappa shape index (κ3) is 6.87. The van der Waals surface area contributed by atoms with E-state index in [9.17, 15) is 0 Å². The number of hydrogen-bond acceptors (Lipinski definition) is 1. The van der Waals surface area contributed by atoms with Gasteiger partial charge in [0.05, 0.1) is 6.10 Å². The normalized spacial score (nSPS) is 14.1. The van der Waals surface area contributed by atoms with E-state index in [0.717, 1.165) is 19.1 Å². The summed E-state index contributed by atoms with van der Waals surface area (Å²) in [5.41, 5.74) is 0. The van der Waals surface area contributed by atoms with Crippen LogP contribution in [0.2, 0.25) is 6.04 Å². The van der Waals surface area contributed by atoms with Crippen LogP contribution in [-0.2, 0) is 4.74 Å². The van der Waals surface area contributed by atoms with Gasteiger partial charge in [-0.1, -0.05) is 6.92 Å². The molecule has 0 aromatic rings. The van der Waals surface area contributed by atoms with Crippen molar-refractivity contribution in [2.24, 2.45) is 0 Å². The monoisotopic (exact) mass is 200 g/mol. The Hall–Kier alpha value is 0.757. The van der Waals surface area contributed by atoms with Crippen molar-refractivity contribution in [1.29, 1.82) is 0 Å². The molecule has 0 radical (unpaired) electrons. The second-order valence-corrected chi connectivity index (χ2v) is 7.46. The van der Waals surface area contributed by atoms with Crippen LogP contribution in [0.3, 0.4) is 0 Å². The van der Waals surface area contributed by atoms with Gasteiger partial charge in [0.15, 0.2) is 0 Å². The van der Waals surface area contributed by atoms with E-state index in [4.69, 9.17) is 26.9 Å². The van der Waals surface area contributed by atoms with Gasteiger partial charge in [-0.05, 0) is 19.4 Å². The van der Waals surface area contributed by atoms with E-state index in [0.29, 0.717) is 6.10 Å². The Morgan fingerprint density at radius 3 is 2.50 bits per heavy atom. The van der Waals surface area contributed by atoms with Crippen LogP contribution in [0.5, 0.6) is 0 Å². The molecule has 10 heavy (non-hydrogen) atoms. The summed E-state index contributed by atoms with van der Waals surface area (Å²) < 4.78 is 5.37. The SMILES string of the molecule is CCC(C)OCC[SiH](Cl)Cl. The van der Waals surface area contributed by atoms with Gasteiger partial charge in [-0.2, -0.15) is 22.2 Å². The zero-order valence-corrected chi connectivity index (χ0v) is 9.11. The minimum atomic E-state index is -1.42. The Kier molecular flexibility index (Phi) is 6.96. The van der Waals surface area contributed by atoms with Gasteiger partial charge in [0.1, 0.15) is 0 Å². The summed E-state index contributed by atoms with van der Waals surface area (Å²) in [5, 5.41) is 0. The molecule has 1 atom stereocenters. The summed E-state index contributed by atoms with van der Waals surface area (Å²) in [6.07, 6.45) is 1.40. The second kappa shape index (κ2) is 6.47. The molecule has 0 amide bonds. The number of halogens is 2. The highest BCUT2D eigenvalue weighted by atomic mass is 35.7. The van der Waals surface area contributed by atoms with Crippen LogP contribution in [0, 0.1) is 0 Å². The minimum absolute atomic E-state index is 0.348. The smallest absolute Gasteiger partial charge is 0.239 e. The predicted molar refractivity (Wildman–Crippen MR) is 49.4 cm³/mol. The molecule has 0 saturated heterocycles. The molecule has 0 aliphatic rings. The highest BCUT2D eigenvalue weighted by Gasteiger charge is 2.03. The fourth-order valence-electron chi connectivity index (χ4n) is 0.476. The molecule has 0 heterocycles. The van der Waals surface area contributed by atoms with Crippen molar-refractivity contribution in [3.8, 4) is 0 Å². The second-order valence-electron chi connectivity index (χ2n) is 2.27. The first-order valence-electron chi connectivity index (χ1n) is 3.56. The Balaban J connectivity index is 3.03. The first-order chi connectivity index (χ1) is 4.66. The maximum atomic E-state index is 5.63. The van der Waals surface area contributed by atoms with E-state index in [2.05, 4.69) is 13.8 Å². The van der Waals surface area contributed by atoms with E-state index >= 15 is 0 Å². The maximum Gasteiger partial charge on any atom is 0.239 e. The Morgan fingerprint density at radius 2 is 2.10 bits per heavy atom. The molecule has 1 nitrogen and oxygen atoms in total. The standard InChI is InChI=1S/C6H14Cl2OSi/c1-3-6(2)9-4-5-10(7)8/h6,10H,3-5H2,1-2H3. The van der Waals surface area contributed by atoms with Crippen molar-refractivity contribution in [2.45, 2.75) is 32.4 Å². The molecule has 0 aliphatic carbocycles. The van der Waals surface area contributed by atoms with E-state index in [1.165, 1.54) is 0 Å². The number of ether oxygens (including phenoxy) is 1. The van der Waals surface area contributed by atoms with Gasteiger partial charge in [-0.15, -0.1) is 0 Å². The first-order valence-corrected chi connectivity index (χ1v) is 7.87. The molecule has 0 fully saturated rings. The van der Waals surface area contributed by atoms with Gasteiger partial charge >= 0.3 is 0 Å². The molecule has 0 bridgehead atoms. The van der Waals surface area contributed by atoms with Crippen LogP contribution in [0.15, 0.2) is 0 Å². The van der Waals surface area contributed by atoms with Gasteiger partial charge in [0.2, 0.25) is 7.42 Å². The van der Waals surface area contributed by atoms with Crippen LogP contribution < -0.4 is 0 Å². The number of hydrogen-bond donors (Lipinski definition) is 0. The van der Waals surface area contributed by atoms with E-state index < -0.39 is 7.42 Å². The quantitative estimate of drug-likeness (QED) is 0.490. The van der Waals surface area contributed by atoms with Crippen molar-refractivity contribution in [2.75, 3.05) is 6.61 Å².